The molecular weight excluding hydrogens is 192 g/mol. The predicted octanol–water partition coefficient (Wildman–Crippen LogP) is 0.659. The van der Waals surface area contributed by atoms with Gasteiger partial charge in [0.25, 0.3) is 0 Å². The lowest BCUT2D eigenvalue weighted by Gasteiger charge is -2.19. The summed E-state index contributed by atoms with van der Waals surface area (Å²) in [7, 11) is 1.91. The molecule has 84 valence electrons. The van der Waals surface area contributed by atoms with Crippen molar-refractivity contribution in [2.24, 2.45) is 5.73 Å². The van der Waals surface area contributed by atoms with Crippen molar-refractivity contribution in [1.29, 1.82) is 0 Å². The zero-order valence-electron chi connectivity index (χ0n) is 9.47. The van der Waals surface area contributed by atoms with Gasteiger partial charge in [-0.15, -0.1) is 0 Å². The molecule has 0 aliphatic carbocycles. The second-order valence-electron chi connectivity index (χ2n) is 3.49. The average Bonchev–Trinajstić information content (AvgIpc) is 2.17. The van der Waals surface area contributed by atoms with Gasteiger partial charge in [0.05, 0.1) is 6.61 Å². The summed E-state index contributed by atoms with van der Waals surface area (Å²) in [6.45, 7) is 5.19. The van der Waals surface area contributed by atoms with Crippen molar-refractivity contribution in [3.8, 4) is 5.88 Å². The van der Waals surface area contributed by atoms with Crippen molar-refractivity contribution >= 4 is 5.95 Å². The zero-order valence-corrected chi connectivity index (χ0v) is 9.47. The number of hydrogen-bond acceptors (Lipinski definition) is 5. The fraction of sp³-hybridized carbons (Fsp3) is 0.600. The number of aromatic nitrogens is 2. The lowest BCUT2D eigenvalue weighted by atomic mass is 10.3. The molecule has 1 unspecified atom stereocenters. The van der Waals surface area contributed by atoms with E-state index in [4.69, 9.17) is 10.5 Å². The van der Waals surface area contributed by atoms with Gasteiger partial charge in [-0.1, -0.05) is 0 Å². The van der Waals surface area contributed by atoms with Crippen LogP contribution in [0.4, 0.5) is 5.95 Å². The van der Waals surface area contributed by atoms with Gasteiger partial charge in [0.1, 0.15) is 0 Å². The Kier molecular flexibility index (Phi) is 4.30. The van der Waals surface area contributed by atoms with Crippen LogP contribution in [-0.4, -0.2) is 36.2 Å². The molecule has 0 amide bonds. The van der Waals surface area contributed by atoms with Crippen LogP contribution in [0.25, 0.3) is 0 Å². The highest BCUT2D eigenvalue weighted by Gasteiger charge is 2.07. The molecule has 0 aliphatic heterocycles. The molecule has 0 saturated heterocycles. The van der Waals surface area contributed by atoms with Gasteiger partial charge in [-0.05, 0) is 13.8 Å². The summed E-state index contributed by atoms with van der Waals surface area (Å²) in [4.78, 5) is 10.3. The van der Waals surface area contributed by atoms with E-state index in [0.29, 0.717) is 18.4 Å². The van der Waals surface area contributed by atoms with Crippen molar-refractivity contribution in [1.82, 2.24) is 9.97 Å². The monoisotopic (exact) mass is 210 g/mol. The van der Waals surface area contributed by atoms with E-state index in [9.17, 15) is 0 Å². The first-order chi connectivity index (χ1) is 7.13. The Morgan fingerprint density at radius 1 is 1.60 bits per heavy atom. The van der Waals surface area contributed by atoms with Gasteiger partial charge in [-0.25, -0.2) is 4.98 Å². The first-order valence-electron chi connectivity index (χ1n) is 5.06. The third-order valence-corrected chi connectivity index (χ3v) is 1.81. The lowest BCUT2D eigenvalue weighted by Crippen LogP contribution is -2.33. The van der Waals surface area contributed by atoms with Gasteiger partial charge in [-0.2, -0.15) is 4.98 Å². The summed E-state index contributed by atoms with van der Waals surface area (Å²) in [6, 6.07) is 1.83. The van der Waals surface area contributed by atoms with Crippen LogP contribution in [0.1, 0.15) is 13.8 Å². The Morgan fingerprint density at radius 3 is 2.93 bits per heavy atom. The van der Waals surface area contributed by atoms with E-state index in [-0.39, 0.29) is 6.04 Å². The topological polar surface area (TPSA) is 64.3 Å². The molecule has 1 rings (SSSR count). The van der Waals surface area contributed by atoms with Crippen LogP contribution < -0.4 is 15.4 Å². The maximum Gasteiger partial charge on any atom is 0.228 e. The third kappa shape index (κ3) is 3.71. The smallest absolute Gasteiger partial charge is 0.228 e. The Balaban J connectivity index is 2.71. The van der Waals surface area contributed by atoms with E-state index in [2.05, 4.69) is 9.97 Å². The molecule has 15 heavy (non-hydrogen) atoms. The highest BCUT2D eigenvalue weighted by atomic mass is 16.5. The number of ether oxygens (including phenoxy) is 1. The fourth-order valence-corrected chi connectivity index (χ4v) is 1.26. The number of nitrogens with zero attached hydrogens (tertiary/aromatic N) is 3. The number of anilines is 1. The number of likely N-dealkylation sites (N-methyl/N-ethyl adjacent to an activating group) is 1. The van der Waals surface area contributed by atoms with Crippen LogP contribution in [0.5, 0.6) is 5.88 Å². The predicted molar refractivity (Wildman–Crippen MR) is 60.1 cm³/mol. The molecule has 0 saturated carbocycles. The van der Waals surface area contributed by atoms with Crippen LogP contribution in [0.2, 0.25) is 0 Å². The van der Waals surface area contributed by atoms with E-state index in [1.807, 2.05) is 25.8 Å². The Labute approximate surface area is 90.3 Å². The Bertz CT molecular complexity index is 303. The minimum atomic E-state index is 0.0920. The lowest BCUT2D eigenvalue weighted by molar-refractivity contribution is 0.326. The van der Waals surface area contributed by atoms with Crippen LogP contribution in [0.15, 0.2) is 12.3 Å². The van der Waals surface area contributed by atoms with Crippen LogP contribution in [-0.2, 0) is 0 Å². The molecule has 2 N–H and O–H groups in total. The van der Waals surface area contributed by atoms with Gasteiger partial charge in [-0.3, -0.25) is 0 Å². The number of hydrogen-bond donors (Lipinski definition) is 1. The molecule has 0 bridgehead atoms. The van der Waals surface area contributed by atoms with Crippen molar-refractivity contribution in [3.63, 3.8) is 0 Å². The van der Waals surface area contributed by atoms with Crippen molar-refractivity contribution < 1.29 is 4.74 Å². The third-order valence-electron chi connectivity index (χ3n) is 1.81. The second-order valence-corrected chi connectivity index (χ2v) is 3.49. The maximum atomic E-state index is 5.70. The Morgan fingerprint density at radius 2 is 2.33 bits per heavy atom. The summed E-state index contributed by atoms with van der Waals surface area (Å²) < 4.78 is 5.29. The second kappa shape index (κ2) is 5.50. The highest BCUT2D eigenvalue weighted by Crippen LogP contribution is 2.11. The number of rotatable bonds is 5. The van der Waals surface area contributed by atoms with Crippen molar-refractivity contribution in [2.75, 3.05) is 25.1 Å². The molecule has 1 aromatic rings. The highest BCUT2D eigenvalue weighted by molar-refractivity contribution is 5.30. The quantitative estimate of drug-likeness (QED) is 0.773. The van der Waals surface area contributed by atoms with Gasteiger partial charge >= 0.3 is 0 Å². The summed E-state index contributed by atoms with van der Waals surface area (Å²) in [5.41, 5.74) is 5.70. The maximum absolute atomic E-state index is 5.70. The molecule has 0 radical (unpaired) electrons. The SMILES string of the molecule is CCOc1ccnc(N(C)CC(C)N)n1. The molecule has 0 spiro atoms. The van der Waals surface area contributed by atoms with Crippen LogP contribution in [0.3, 0.4) is 0 Å². The van der Waals surface area contributed by atoms with Crippen LogP contribution in [0, 0.1) is 0 Å². The largest absolute Gasteiger partial charge is 0.478 e. The molecule has 1 atom stereocenters. The molecule has 5 nitrogen and oxygen atoms in total. The number of nitrogens with two attached hydrogens (primary N) is 1. The van der Waals surface area contributed by atoms with Gasteiger partial charge in [0.2, 0.25) is 11.8 Å². The van der Waals surface area contributed by atoms with Gasteiger partial charge < -0.3 is 15.4 Å². The van der Waals surface area contributed by atoms with Gasteiger partial charge in [0, 0.05) is 31.9 Å². The average molecular weight is 210 g/mol. The minimum absolute atomic E-state index is 0.0920. The molecular formula is C10H18N4O. The molecule has 5 heteroatoms. The summed E-state index contributed by atoms with van der Waals surface area (Å²) in [5, 5.41) is 0. The molecule has 0 fully saturated rings. The fourth-order valence-electron chi connectivity index (χ4n) is 1.26. The van der Waals surface area contributed by atoms with Crippen molar-refractivity contribution in [3.05, 3.63) is 12.3 Å². The van der Waals surface area contributed by atoms with Crippen LogP contribution >= 0.6 is 0 Å². The summed E-state index contributed by atoms with van der Waals surface area (Å²) in [5.74, 6) is 1.23. The summed E-state index contributed by atoms with van der Waals surface area (Å²) in [6.07, 6.45) is 1.69. The molecule has 0 aliphatic rings. The van der Waals surface area contributed by atoms with E-state index in [1.54, 1.807) is 12.3 Å². The van der Waals surface area contributed by atoms with E-state index in [1.165, 1.54) is 0 Å². The first-order valence-corrected chi connectivity index (χ1v) is 5.06. The normalized spacial score (nSPS) is 12.3. The van der Waals surface area contributed by atoms with Gasteiger partial charge in [0.15, 0.2) is 0 Å². The molecule has 0 aromatic carbocycles. The molecule has 1 heterocycles. The van der Waals surface area contributed by atoms with Crippen molar-refractivity contribution in [2.45, 2.75) is 19.9 Å². The molecule has 1 aromatic heterocycles. The Hall–Kier alpha value is -1.36. The standard InChI is InChI=1S/C10H18N4O/c1-4-15-9-5-6-12-10(13-9)14(3)7-8(2)11/h5-6,8H,4,7,11H2,1-3H3. The van der Waals surface area contributed by atoms with E-state index in [0.717, 1.165) is 6.54 Å². The van der Waals surface area contributed by atoms with E-state index < -0.39 is 0 Å². The summed E-state index contributed by atoms with van der Waals surface area (Å²) >= 11 is 0. The van der Waals surface area contributed by atoms with E-state index >= 15 is 0 Å². The zero-order chi connectivity index (χ0) is 11.3. The minimum Gasteiger partial charge on any atom is -0.478 e. The first kappa shape index (κ1) is 11.7.